The first kappa shape index (κ1) is 25.5. The quantitative estimate of drug-likeness (QED) is 0.411. The van der Waals surface area contributed by atoms with Crippen LogP contribution in [0.1, 0.15) is 12.5 Å². The van der Waals surface area contributed by atoms with Crippen molar-refractivity contribution in [3.63, 3.8) is 0 Å². The van der Waals surface area contributed by atoms with E-state index < -0.39 is 52.9 Å². The van der Waals surface area contributed by atoms with Gasteiger partial charge in [0.05, 0.1) is 22.0 Å². The van der Waals surface area contributed by atoms with E-state index in [2.05, 4.69) is 5.32 Å². The number of para-hydroxylation sites is 1. The molecule has 0 heterocycles. The number of hydrogen-bond donors (Lipinski definition) is 2. The summed E-state index contributed by atoms with van der Waals surface area (Å²) in [4.78, 5) is 35.8. The van der Waals surface area contributed by atoms with Crippen molar-refractivity contribution in [3.05, 3.63) is 58.9 Å². The maximum Gasteiger partial charge on any atom is 0.418 e. The molecule has 0 fully saturated rings. The first-order valence-electron chi connectivity index (χ1n) is 8.96. The maximum atomic E-state index is 13.1. The molecule has 2 N–H and O–H groups in total. The molecule has 172 valence electrons. The smallest absolute Gasteiger partial charge is 0.418 e. The molecule has 2 rings (SSSR count). The predicted molar refractivity (Wildman–Crippen MR) is 113 cm³/mol. The Balaban J connectivity index is 1.81. The van der Waals surface area contributed by atoms with Gasteiger partial charge in [-0.1, -0.05) is 17.7 Å². The molecule has 0 aliphatic carbocycles. The number of benzene rings is 2. The van der Waals surface area contributed by atoms with Gasteiger partial charge in [0.15, 0.2) is 6.61 Å². The average molecular weight is 493 g/mol. The summed E-state index contributed by atoms with van der Waals surface area (Å²) < 4.78 is 56.8. The molecule has 32 heavy (non-hydrogen) atoms. The first-order chi connectivity index (χ1) is 15.0. The average Bonchev–Trinajstić information content (AvgIpc) is 2.72. The molecular weight excluding hydrogens is 476 g/mol. The third-order valence-corrected chi connectivity index (χ3v) is 5.29. The Morgan fingerprint density at radius 3 is 2.34 bits per heavy atom. The van der Waals surface area contributed by atoms with Crippen molar-refractivity contribution < 1.29 is 36.7 Å². The first-order valence-corrected chi connectivity index (χ1v) is 10.4. The minimum atomic E-state index is -4.75. The lowest BCUT2D eigenvalue weighted by atomic mass is 10.1. The predicted octanol–water partition coefficient (Wildman–Crippen LogP) is 4.74. The van der Waals surface area contributed by atoms with Crippen molar-refractivity contribution in [2.75, 3.05) is 23.0 Å². The van der Waals surface area contributed by atoms with E-state index >= 15 is 0 Å². The highest BCUT2D eigenvalue weighted by Crippen LogP contribution is 2.38. The largest absolute Gasteiger partial charge is 0.455 e. The molecule has 0 aliphatic rings. The Hall–Kier alpha value is -2.79. The molecule has 0 saturated heterocycles. The van der Waals surface area contributed by atoms with E-state index in [4.69, 9.17) is 16.3 Å². The second-order valence-corrected chi connectivity index (χ2v) is 8.06. The highest BCUT2D eigenvalue weighted by atomic mass is 35.5. The fourth-order valence-corrected chi connectivity index (χ4v) is 3.22. The van der Waals surface area contributed by atoms with Crippen LogP contribution in [0.3, 0.4) is 0 Å². The molecular formula is C20H17ClF4N2O4S. The zero-order chi connectivity index (χ0) is 23.9. The Morgan fingerprint density at radius 1 is 1.06 bits per heavy atom. The summed E-state index contributed by atoms with van der Waals surface area (Å²) in [7, 11) is 0. The number of carbonyl (C=O) groups excluding carboxylic acids is 3. The lowest BCUT2D eigenvalue weighted by Crippen LogP contribution is -2.27. The summed E-state index contributed by atoms with van der Waals surface area (Å²) in [6.45, 7) is 0.597. The molecule has 2 aromatic carbocycles. The number of thioether (sulfide) groups is 1. The van der Waals surface area contributed by atoms with Crippen LogP contribution in [-0.4, -0.2) is 35.4 Å². The van der Waals surface area contributed by atoms with Gasteiger partial charge in [0, 0.05) is 5.69 Å². The maximum absolute atomic E-state index is 13.1. The molecule has 1 unspecified atom stereocenters. The van der Waals surface area contributed by atoms with Crippen molar-refractivity contribution >= 4 is 52.5 Å². The number of alkyl halides is 3. The van der Waals surface area contributed by atoms with Crippen LogP contribution in [0.25, 0.3) is 0 Å². The van der Waals surface area contributed by atoms with Crippen LogP contribution in [0, 0.1) is 5.82 Å². The van der Waals surface area contributed by atoms with Crippen molar-refractivity contribution in [3.8, 4) is 0 Å². The summed E-state index contributed by atoms with van der Waals surface area (Å²) in [5.74, 6) is -2.88. The number of carbonyl (C=O) groups is 3. The molecule has 0 bridgehead atoms. The van der Waals surface area contributed by atoms with E-state index in [0.29, 0.717) is 5.69 Å². The lowest BCUT2D eigenvalue weighted by Gasteiger charge is -2.15. The zero-order valence-corrected chi connectivity index (χ0v) is 18.0. The molecule has 0 saturated carbocycles. The second-order valence-electron chi connectivity index (χ2n) is 6.32. The van der Waals surface area contributed by atoms with Gasteiger partial charge in [-0.3, -0.25) is 14.4 Å². The van der Waals surface area contributed by atoms with Crippen LogP contribution < -0.4 is 10.6 Å². The van der Waals surface area contributed by atoms with Gasteiger partial charge in [-0.15, -0.1) is 11.8 Å². The van der Waals surface area contributed by atoms with Crippen LogP contribution in [-0.2, 0) is 25.3 Å². The second kappa shape index (κ2) is 11.2. The summed E-state index contributed by atoms with van der Waals surface area (Å²) in [5, 5.41) is 3.35. The monoisotopic (exact) mass is 492 g/mol. The van der Waals surface area contributed by atoms with Crippen LogP contribution in [0.5, 0.6) is 0 Å². The van der Waals surface area contributed by atoms with Gasteiger partial charge in [-0.2, -0.15) is 13.2 Å². The highest BCUT2D eigenvalue weighted by Gasteiger charge is 2.35. The van der Waals surface area contributed by atoms with Gasteiger partial charge in [0.2, 0.25) is 5.91 Å². The van der Waals surface area contributed by atoms with Gasteiger partial charge >= 0.3 is 12.1 Å². The van der Waals surface area contributed by atoms with Crippen LogP contribution >= 0.6 is 23.4 Å². The number of halogens is 5. The Morgan fingerprint density at radius 2 is 1.72 bits per heavy atom. The molecule has 0 spiro atoms. The molecule has 0 aliphatic heterocycles. The third-order valence-electron chi connectivity index (χ3n) is 3.85. The number of amides is 2. The number of esters is 1. The number of nitrogens with one attached hydrogen (secondary N) is 2. The molecule has 0 radical (unpaired) electrons. The minimum absolute atomic E-state index is 0.131. The van der Waals surface area contributed by atoms with Crippen molar-refractivity contribution in [1.82, 2.24) is 0 Å². The summed E-state index contributed by atoms with van der Waals surface area (Å²) in [6.07, 6.45) is -4.75. The number of anilines is 2. The van der Waals surface area contributed by atoms with Gasteiger partial charge in [0.1, 0.15) is 11.1 Å². The fourth-order valence-electron chi connectivity index (χ4n) is 2.32. The summed E-state index contributed by atoms with van der Waals surface area (Å²) >= 11 is 6.66. The normalized spacial score (nSPS) is 12.1. The highest BCUT2D eigenvalue weighted by molar-refractivity contribution is 8.01. The van der Waals surface area contributed by atoms with Crippen molar-refractivity contribution in [2.45, 2.75) is 18.3 Å². The Bertz CT molecular complexity index is 987. The van der Waals surface area contributed by atoms with Crippen LogP contribution in [0.15, 0.2) is 42.5 Å². The molecule has 0 aromatic heterocycles. The summed E-state index contributed by atoms with van der Waals surface area (Å²) in [6, 6.07) is 8.11. The van der Waals surface area contributed by atoms with E-state index in [1.54, 1.807) is 0 Å². The number of ether oxygens (including phenoxy) is 1. The van der Waals surface area contributed by atoms with E-state index in [-0.39, 0.29) is 10.8 Å². The van der Waals surface area contributed by atoms with Gasteiger partial charge in [0.25, 0.3) is 5.91 Å². The third kappa shape index (κ3) is 7.72. The van der Waals surface area contributed by atoms with Crippen LogP contribution in [0.2, 0.25) is 5.02 Å². The number of rotatable bonds is 8. The molecule has 2 aromatic rings. The van der Waals surface area contributed by atoms with Crippen LogP contribution in [0.4, 0.5) is 28.9 Å². The number of hydrogen-bond acceptors (Lipinski definition) is 5. The van der Waals surface area contributed by atoms with E-state index in [9.17, 15) is 31.9 Å². The topological polar surface area (TPSA) is 84.5 Å². The lowest BCUT2D eigenvalue weighted by molar-refractivity contribution is -0.146. The Labute approximate surface area is 189 Å². The summed E-state index contributed by atoms with van der Waals surface area (Å²) in [5.41, 5.74) is -1.40. The van der Waals surface area contributed by atoms with Crippen molar-refractivity contribution in [2.24, 2.45) is 0 Å². The van der Waals surface area contributed by atoms with E-state index in [0.717, 1.165) is 23.9 Å². The molecule has 2 amide bonds. The van der Waals surface area contributed by atoms with E-state index in [1.165, 1.54) is 37.3 Å². The van der Waals surface area contributed by atoms with Crippen molar-refractivity contribution in [1.29, 1.82) is 0 Å². The molecule has 1 atom stereocenters. The Kier molecular flexibility index (Phi) is 8.90. The van der Waals surface area contributed by atoms with Gasteiger partial charge in [-0.25, -0.2) is 4.39 Å². The van der Waals surface area contributed by atoms with Gasteiger partial charge < -0.3 is 15.4 Å². The van der Waals surface area contributed by atoms with Gasteiger partial charge in [-0.05, 0) is 43.3 Å². The fraction of sp³-hybridized carbons (Fsp3) is 0.250. The minimum Gasteiger partial charge on any atom is -0.455 e. The SMILES string of the molecule is CC(SCC(=O)Nc1ccc(F)cc1)C(=O)OCC(=O)Nc1c(Cl)cccc1C(F)(F)F. The molecule has 6 nitrogen and oxygen atoms in total. The van der Waals surface area contributed by atoms with E-state index in [1.807, 2.05) is 5.32 Å². The molecule has 12 heteroatoms. The zero-order valence-electron chi connectivity index (χ0n) is 16.5. The standard InChI is InChI=1S/C20H17ClF4N2O4S/c1-11(32-10-17(29)26-13-7-5-12(22)6-8-13)19(30)31-9-16(28)27-18-14(20(23,24)25)3-2-4-15(18)21/h2-8,11H,9-10H2,1H3,(H,26,29)(H,27,28).